The number of hydrogen-bond acceptors (Lipinski definition) is 3. The van der Waals surface area contributed by atoms with E-state index in [4.69, 9.17) is 11.1 Å². The molecule has 0 heterocycles. The summed E-state index contributed by atoms with van der Waals surface area (Å²) in [6.45, 7) is 3.94. The van der Waals surface area contributed by atoms with Crippen molar-refractivity contribution in [3.63, 3.8) is 0 Å². The highest BCUT2D eigenvalue weighted by Gasteiger charge is 2.19. The molecule has 0 bridgehead atoms. The van der Waals surface area contributed by atoms with E-state index < -0.39 is 10.0 Å². The Kier molecular flexibility index (Phi) is 6.16. The van der Waals surface area contributed by atoms with E-state index in [9.17, 15) is 8.42 Å². The Bertz CT molecular complexity index is 538. The van der Waals surface area contributed by atoms with E-state index >= 15 is 0 Å². The summed E-state index contributed by atoms with van der Waals surface area (Å²) in [5, 5.41) is 7.26. The van der Waals surface area contributed by atoms with Crippen molar-refractivity contribution in [2.45, 2.75) is 50.5 Å². The predicted molar refractivity (Wildman–Crippen MR) is 81.4 cm³/mol. The maximum Gasteiger partial charge on any atom is 0.240 e. The van der Waals surface area contributed by atoms with E-state index in [1.54, 1.807) is 12.1 Å². The fourth-order valence-corrected chi connectivity index (χ4v) is 3.27. The van der Waals surface area contributed by atoms with Crippen LogP contribution in [-0.2, 0) is 16.4 Å². The Morgan fingerprint density at radius 2 is 1.90 bits per heavy atom. The van der Waals surface area contributed by atoms with Crippen LogP contribution in [0.3, 0.4) is 0 Å². The predicted octanol–water partition coefficient (Wildman–Crippen LogP) is 2.02. The Hall–Kier alpha value is -1.40. The standard InChI is InChI=1S/C14H23N3O2S/c1-3-5-11-6-8-13(9-7-11)20(18,19)17-12(4-2)10-14(15)16/h6-9,12,17H,3-5,10H2,1-2H3,(H3,15,16). The molecule has 4 N–H and O–H groups in total. The number of sulfonamides is 1. The van der Waals surface area contributed by atoms with Crippen molar-refractivity contribution in [2.75, 3.05) is 0 Å². The van der Waals surface area contributed by atoms with Crippen LogP contribution in [0.4, 0.5) is 0 Å². The minimum atomic E-state index is -3.55. The molecule has 0 aliphatic rings. The van der Waals surface area contributed by atoms with Crippen LogP contribution in [0.5, 0.6) is 0 Å². The van der Waals surface area contributed by atoms with E-state index in [1.165, 1.54) is 0 Å². The van der Waals surface area contributed by atoms with Gasteiger partial charge in [-0.15, -0.1) is 0 Å². The average Bonchev–Trinajstić information content (AvgIpc) is 2.38. The van der Waals surface area contributed by atoms with Crippen LogP contribution in [-0.4, -0.2) is 20.3 Å². The summed E-state index contributed by atoms with van der Waals surface area (Å²) in [6.07, 6.45) is 2.78. The lowest BCUT2D eigenvalue weighted by Gasteiger charge is -2.16. The SMILES string of the molecule is CCCc1ccc(S(=O)(=O)NC(CC)CC(=N)N)cc1. The van der Waals surface area contributed by atoms with Crippen molar-refractivity contribution >= 4 is 15.9 Å². The van der Waals surface area contributed by atoms with Crippen molar-refractivity contribution in [2.24, 2.45) is 5.73 Å². The summed E-state index contributed by atoms with van der Waals surface area (Å²) in [5.41, 5.74) is 6.46. The molecule has 5 nitrogen and oxygen atoms in total. The summed E-state index contributed by atoms with van der Waals surface area (Å²) < 4.78 is 27.1. The number of nitrogens with two attached hydrogens (primary N) is 1. The molecule has 6 heteroatoms. The molecule has 0 aromatic heterocycles. The van der Waals surface area contributed by atoms with Gasteiger partial charge in [-0.25, -0.2) is 13.1 Å². The monoisotopic (exact) mass is 297 g/mol. The van der Waals surface area contributed by atoms with Gasteiger partial charge in [-0.05, 0) is 30.5 Å². The third kappa shape index (κ3) is 4.94. The maximum absolute atomic E-state index is 12.2. The highest BCUT2D eigenvalue weighted by atomic mass is 32.2. The molecule has 1 unspecified atom stereocenters. The molecule has 0 radical (unpaired) electrons. The van der Waals surface area contributed by atoms with Crippen LogP contribution < -0.4 is 10.5 Å². The molecule has 1 atom stereocenters. The first-order valence-electron chi connectivity index (χ1n) is 6.83. The van der Waals surface area contributed by atoms with Gasteiger partial charge in [0.2, 0.25) is 10.0 Å². The zero-order valence-electron chi connectivity index (χ0n) is 12.0. The molecule has 0 saturated heterocycles. The number of rotatable bonds is 8. The van der Waals surface area contributed by atoms with Gasteiger partial charge in [-0.3, -0.25) is 5.41 Å². The van der Waals surface area contributed by atoms with Gasteiger partial charge in [-0.2, -0.15) is 0 Å². The average molecular weight is 297 g/mol. The van der Waals surface area contributed by atoms with Gasteiger partial charge in [0.1, 0.15) is 0 Å². The lowest BCUT2D eigenvalue weighted by molar-refractivity contribution is 0.545. The second-order valence-corrected chi connectivity index (χ2v) is 6.56. The third-order valence-electron chi connectivity index (χ3n) is 3.05. The first kappa shape index (κ1) is 16.7. The highest BCUT2D eigenvalue weighted by Crippen LogP contribution is 2.13. The molecule has 0 aliphatic carbocycles. The number of hydrogen-bond donors (Lipinski definition) is 3. The third-order valence-corrected chi connectivity index (χ3v) is 4.59. The molecule has 0 fully saturated rings. The molecular weight excluding hydrogens is 274 g/mol. The first-order chi connectivity index (χ1) is 9.39. The van der Waals surface area contributed by atoms with Gasteiger partial charge in [-0.1, -0.05) is 32.4 Å². The van der Waals surface area contributed by atoms with Gasteiger partial charge >= 0.3 is 0 Å². The molecule has 112 valence electrons. The van der Waals surface area contributed by atoms with E-state index in [-0.39, 0.29) is 23.2 Å². The molecule has 20 heavy (non-hydrogen) atoms. The molecule has 0 amide bonds. The van der Waals surface area contributed by atoms with Gasteiger partial charge in [0.05, 0.1) is 10.7 Å². The summed E-state index contributed by atoms with van der Waals surface area (Å²) in [7, 11) is -3.55. The zero-order valence-corrected chi connectivity index (χ0v) is 12.8. The van der Waals surface area contributed by atoms with Crippen molar-refractivity contribution in [3.05, 3.63) is 29.8 Å². The van der Waals surface area contributed by atoms with Crippen LogP contribution in [0, 0.1) is 5.41 Å². The molecular formula is C14H23N3O2S. The van der Waals surface area contributed by atoms with Gasteiger partial charge in [0.25, 0.3) is 0 Å². The van der Waals surface area contributed by atoms with Gasteiger partial charge < -0.3 is 5.73 Å². The minimum Gasteiger partial charge on any atom is -0.388 e. The van der Waals surface area contributed by atoms with Crippen molar-refractivity contribution in [1.82, 2.24) is 4.72 Å². The molecule has 0 saturated carbocycles. The topological polar surface area (TPSA) is 96.0 Å². The normalized spacial score (nSPS) is 13.1. The maximum atomic E-state index is 12.2. The summed E-state index contributed by atoms with van der Waals surface area (Å²) in [6, 6.07) is 6.57. The van der Waals surface area contributed by atoms with Crippen LogP contribution in [0.2, 0.25) is 0 Å². The fraction of sp³-hybridized carbons (Fsp3) is 0.500. The fourth-order valence-electron chi connectivity index (χ4n) is 1.95. The molecule has 1 aromatic rings. The number of amidine groups is 1. The minimum absolute atomic E-state index is 0.0159. The summed E-state index contributed by atoms with van der Waals surface area (Å²) >= 11 is 0. The van der Waals surface area contributed by atoms with Crippen molar-refractivity contribution < 1.29 is 8.42 Å². The van der Waals surface area contributed by atoms with Gasteiger partial charge in [0.15, 0.2) is 0 Å². The molecule has 1 rings (SSSR count). The first-order valence-corrected chi connectivity index (χ1v) is 8.31. The quantitative estimate of drug-likeness (QED) is 0.506. The van der Waals surface area contributed by atoms with Crippen LogP contribution in [0.25, 0.3) is 0 Å². The van der Waals surface area contributed by atoms with Crippen molar-refractivity contribution in [1.29, 1.82) is 5.41 Å². The second-order valence-electron chi connectivity index (χ2n) is 4.85. The summed E-state index contributed by atoms with van der Waals surface area (Å²) in [4.78, 5) is 0.249. The molecule has 1 aromatic carbocycles. The number of aryl methyl sites for hydroxylation is 1. The lowest BCUT2D eigenvalue weighted by atomic mass is 10.1. The Morgan fingerprint density at radius 1 is 1.30 bits per heavy atom. The Labute approximate surface area is 121 Å². The number of benzene rings is 1. The van der Waals surface area contributed by atoms with Crippen molar-refractivity contribution in [3.8, 4) is 0 Å². The molecule has 0 spiro atoms. The van der Waals surface area contributed by atoms with Crippen LogP contribution in [0.1, 0.15) is 38.7 Å². The van der Waals surface area contributed by atoms with E-state index in [2.05, 4.69) is 11.6 Å². The summed E-state index contributed by atoms with van der Waals surface area (Å²) in [5.74, 6) is -0.0159. The van der Waals surface area contributed by atoms with Crippen LogP contribution in [0.15, 0.2) is 29.2 Å². The van der Waals surface area contributed by atoms with E-state index in [0.29, 0.717) is 6.42 Å². The van der Waals surface area contributed by atoms with Crippen LogP contribution >= 0.6 is 0 Å². The van der Waals surface area contributed by atoms with E-state index in [0.717, 1.165) is 18.4 Å². The lowest BCUT2D eigenvalue weighted by Crippen LogP contribution is -2.37. The zero-order chi connectivity index (χ0) is 15.2. The second kappa shape index (κ2) is 7.40. The van der Waals surface area contributed by atoms with Gasteiger partial charge in [0, 0.05) is 12.5 Å². The van der Waals surface area contributed by atoms with E-state index in [1.807, 2.05) is 19.1 Å². The molecule has 0 aliphatic heterocycles. The Morgan fingerprint density at radius 3 is 2.35 bits per heavy atom. The Balaban J connectivity index is 2.84. The number of nitrogens with one attached hydrogen (secondary N) is 2. The highest BCUT2D eigenvalue weighted by molar-refractivity contribution is 7.89. The smallest absolute Gasteiger partial charge is 0.240 e. The largest absolute Gasteiger partial charge is 0.388 e.